The molecule has 0 aromatic heterocycles. The summed E-state index contributed by atoms with van der Waals surface area (Å²) in [4.78, 5) is 0. The summed E-state index contributed by atoms with van der Waals surface area (Å²) >= 11 is 0. The van der Waals surface area contributed by atoms with Gasteiger partial charge in [-0.1, -0.05) is 36.4 Å². The Kier molecular flexibility index (Phi) is 2.77. The summed E-state index contributed by atoms with van der Waals surface area (Å²) in [6, 6.07) is 14.4. The second-order valence-electron chi connectivity index (χ2n) is 8.85. The first kappa shape index (κ1) is 15.2. The summed E-state index contributed by atoms with van der Waals surface area (Å²) in [5, 5.41) is 10.1. The zero-order valence-electron chi connectivity index (χ0n) is 15.9. The summed E-state index contributed by atoms with van der Waals surface area (Å²) in [5.74, 6) is 5.55. The fourth-order valence-electron chi connectivity index (χ4n) is 6.58. The van der Waals surface area contributed by atoms with Crippen LogP contribution in [0.3, 0.4) is 0 Å². The normalized spacial score (nSPS) is 24.0. The Morgan fingerprint density at radius 3 is 1.46 bits per heavy atom. The second kappa shape index (κ2) is 5.09. The van der Waals surface area contributed by atoms with Gasteiger partial charge in [-0.2, -0.15) is 21.0 Å². The van der Waals surface area contributed by atoms with E-state index in [4.69, 9.17) is 0 Å². The molecule has 4 aromatic carbocycles. The van der Waals surface area contributed by atoms with E-state index in [0.29, 0.717) is 21.0 Å². The molecular formula is C26H22S2. The molecule has 0 amide bonds. The van der Waals surface area contributed by atoms with Gasteiger partial charge < -0.3 is 0 Å². The van der Waals surface area contributed by atoms with Gasteiger partial charge in [0.15, 0.2) is 0 Å². The summed E-state index contributed by atoms with van der Waals surface area (Å²) in [5.41, 5.74) is 6.71. The quantitative estimate of drug-likeness (QED) is 0.237. The standard InChI is InChI=1S/C26H22S2/c1-2-4-18-17(3-1)19-9-13-27-11-7-15-5-6-16-8-12-28-14-10-20(18)24-23(19)25(27)21(15)22(16)26(24)28/h1-6H,7-14H2. The van der Waals surface area contributed by atoms with Crippen molar-refractivity contribution >= 4 is 53.3 Å². The number of fused-ring (bicyclic) bond motifs is 3. The third kappa shape index (κ3) is 1.63. The van der Waals surface area contributed by atoms with E-state index in [1.54, 1.807) is 63.6 Å². The van der Waals surface area contributed by atoms with Crippen LogP contribution in [-0.4, -0.2) is 23.0 Å². The highest BCUT2D eigenvalue weighted by molar-refractivity contribution is 8.10. The fraction of sp³-hybridized carbons (Fsp3) is 0.308. The lowest BCUT2D eigenvalue weighted by Crippen LogP contribution is -2.15. The molecule has 0 saturated heterocycles. The van der Waals surface area contributed by atoms with E-state index in [0.717, 1.165) is 0 Å². The van der Waals surface area contributed by atoms with Crippen molar-refractivity contribution in [1.82, 2.24) is 0 Å². The SMILES string of the molecule is c1ccc2c3c4c5c6c(ccc7c6c6c4c(c2c1)CCS=6CC7)CCS=5CC3. The minimum absolute atomic E-state index is 0.472. The zero-order chi connectivity index (χ0) is 18.0. The van der Waals surface area contributed by atoms with Gasteiger partial charge in [-0.3, -0.25) is 0 Å². The van der Waals surface area contributed by atoms with Crippen molar-refractivity contribution in [2.24, 2.45) is 0 Å². The van der Waals surface area contributed by atoms with Crippen LogP contribution in [0.1, 0.15) is 22.3 Å². The molecule has 28 heavy (non-hydrogen) atoms. The van der Waals surface area contributed by atoms with E-state index < -0.39 is 0 Å². The number of hydrogen-bond acceptors (Lipinski definition) is 0. The van der Waals surface area contributed by atoms with Crippen LogP contribution in [0, 0.1) is 9.02 Å². The minimum Gasteiger partial charge on any atom is -0.177 e. The van der Waals surface area contributed by atoms with E-state index >= 15 is 0 Å². The van der Waals surface area contributed by atoms with Crippen LogP contribution in [0.4, 0.5) is 0 Å². The number of benzene rings is 4. The molecule has 0 N–H and O–H groups in total. The van der Waals surface area contributed by atoms with E-state index in [-0.39, 0.29) is 0 Å². The van der Waals surface area contributed by atoms with Crippen LogP contribution in [0.2, 0.25) is 0 Å². The number of rotatable bonds is 0. The van der Waals surface area contributed by atoms with Crippen LogP contribution in [-0.2, 0) is 25.7 Å². The molecule has 4 aliphatic heterocycles. The molecule has 0 radical (unpaired) electrons. The van der Waals surface area contributed by atoms with Crippen LogP contribution in [0.25, 0.3) is 32.3 Å². The molecule has 4 aromatic rings. The lowest BCUT2D eigenvalue weighted by Gasteiger charge is -2.33. The lowest BCUT2D eigenvalue weighted by molar-refractivity contribution is 1.09. The van der Waals surface area contributed by atoms with Gasteiger partial charge in [-0.25, -0.2) is 0 Å². The topological polar surface area (TPSA) is 0 Å². The predicted molar refractivity (Wildman–Crippen MR) is 126 cm³/mol. The molecule has 0 spiro atoms. The van der Waals surface area contributed by atoms with Crippen molar-refractivity contribution in [3.63, 3.8) is 0 Å². The summed E-state index contributed by atoms with van der Waals surface area (Å²) in [7, 11) is 0.944. The Labute approximate surface area is 169 Å². The first-order valence-corrected chi connectivity index (χ1v) is 13.8. The van der Waals surface area contributed by atoms with Gasteiger partial charge in [0.1, 0.15) is 0 Å². The lowest BCUT2D eigenvalue weighted by atomic mass is 9.85. The van der Waals surface area contributed by atoms with Crippen molar-refractivity contribution < 1.29 is 0 Å². The Hall–Kier alpha value is -1.64. The molecule has 2 unspecified atom stereocenters. The third-order valence-electron chi connectivity index (χ3n) is 7.73. The van der Waals surface area contributed by atoms with Gasteiger partial charge in [0.2, 0.25) is 0 Å². The highest BCUT2D eigenvalue weighted by atomic mass is 32.2. The van der Waals surface area contributed by atoms with Crippen LogP contribution >= 0.6 is 21.0 Å². The van der Waals surface area contributed by atoms with E-state index in [2.05, 4.69) is 36.4 Å². The first-order chi connectivity index (χ1) is 13.9. The van der Waals surface area contributed by atoms with Crippen molar-refractivity contribution in [1.29, 1.82) is 0 Å². The van der Waals surface area contributed by atoms with Gasteiger partial charge in [-0.15, -0.1) is 0 Å². The zero-order valence-corrected chi connectivity index (χ0v) is 17.6. The smallest absolute Gasteiger partial charge is 0.0143 e. The Morgan fingerprint density at radius 2 is 0.964 bits per heavy atom. The molecule has 8 rings (SSSR count). The Balaban J connectivity index is 1.87. The van der Waals surface area contributed by atoms with Crippen molar-refractivity contribution in [3.8, 4) is 0 Å². The van der Waals surface area contributed by atoms with Gasteiger partial charge in [0.05, 0.1) is 0 Å². The van der Waals surface area contributed by atoms with Crippen LogP contribution in [0.15, 0.2) is 36.4 Å². The third-order valence-corrected chi connectivity index (χ3v) is 12.5. The summed E-state index contributed by atoms with van der Waals surface area (Å²) in [6.45, 7) is 0. The van der Waals surface area contributed by atoms with Gasteiger partial charge in [-0.05, 0) is 92.5 Å². The van der Waals surface area contributed by atoms with Crippen molar-refractivity contribution in [2.75, 3.05) is 23.0 Å². The highest BCUT2D eigenvalue weighted by Gasteiger charge is 2.29. The second-order valence-corrected chi connectivity index (χ2v) is 13.3. The van der Waals surface area contributed by atoms with Gasteiger partial charge >= 0.3 is 0 Å². The van der Waals surface area contributed by atoms with Crippen molar-refractivity contribution in [2.45, 2.75) is 25.7 Å². The minimum atomic E-state index is 0.472. The average Bonchev–Trinajstić information content (AvgIpc) is 2.77. The van der Waals surface area contributed by atoms with Crippen LogP contribution in [0.5, 0.6) is 0 Å². The predicted octanol–water partition coefficient (Wildman–Crippen LogP) is 6.41. The largest absolute Gasteiger partial charge is 0.177 e. The maximum absolute atomic E-state index is 2.50. The van der Waals surface area contributed by atoms with E-state index in [9.17, 15) is 0 Å². The highest BCUT2D eigenvalue weighted by Crippen LogP contribution is 2.51. The molecule has 4 heterocycles. The molecule has 2 atom stereocenters. The van der Waals surface area contributed by atoms with Crippen molar-refractivity contribution in [3.05, 3.63) is 67.7 Å². The Bertz CT molecular complexity index is 1440. The fourth-order valence-corrected chi connectivity index (χ4v) is 11.7. The molecule has 0 bridgehead atoms. The average molecular weight is 399 g/mol. The van der Waals surface area contributed by atoms with E-state index in [1.165, 1.54) is 48.7 Å². The number of aryl methyl sites for hydroxylation is 4. The molecule has 138 valence electrons. The maximum Gasteiger partial charge on any atom is 0.0143 e. The number of hydrogen-bond donors (Lipinski definition) is 0. The first-order valence-electron chi connectivity index (χ1n) is 10.7. The molecule has 0 nitrogen and oxygen atoms in total. The molecule has 0 aliphatic carbocycles. The van der Waals surface area contributed by atoms with Crippen LogP contribution < -0.4 is 0 Å². The van der Waals surface area contributed by atoms with Gasteiger partial charge in [0, 0.05) is 19.8 Å². The molecular weight excluding hydrogens is 376 g/mol. The maximum atomic E-state index is 2.50. The van der Waals surface area contributed by atoms with Gasteiger partial charge in [0.25, 0.3) is 0 Å². The molecule has 2 heteroatoms. The molecule has 0 saturated carbocycles. The monoisotopic (exact) mass is 398 g/mol. The van der Waals surface area contributed by atoms with E-state index in [1.807, 2.05) is 0 Å². The summed E-state index contributed by atoms with van der Waals surface area (Å²) < 4.78 is 3.61. The summed E-state index contributed by atoms with van der Waals surface area (Å²) in [6.07, 6.45) is 5.20. The Morgan fingerprint density at radius 1 is 0.500 bits per heavy atom. The molecule has 4 aliphatic rings. The molecule has 0 fully saturated rings.